The first-order chi connectivity index (χ1) is 29.9. The number of aliphatic hydroxyl groups is 1. The van der Waals surface area contributed by atoms with Gasteiger partial charge in [0.05, 0.1) is 26.4 Å². The van der Waals surface area contributed by atoms with Crippen LogP contribution < -0.4 is 0 Å². The van der Waals surface area contributed by atoms with Gasteiger partial charge in [0.25, 0.3) is 0 Å². The Morgan fingerprint density at radius 3 is 1.30 bits per heavy atom. The van der Waals surface area contributed by atoms with Crippen molar-refractivity contribution in [2.75, 3.05) is 59.2 Å². The first-order valence-electron chi connectivity index (χ1n) is 26.4. The number of aliphatic hydroxyl groups excluding tert-OH is 1. The van der Waals surface area contributed by atoms with Gasteiger partial charge in [-0.25, -0.2) is 0 Å². The van der Waals surface area contributed by atoms with E-state index in [2.05, 4.69) is 37.5 Å². The molecule has 0 radical (unpaired) electrons. The third-order valence-corrected chi connectivity index (χ3v) is 12.7. The highest BCUT2D eigenvalue weighted by molar-refractivity contribution is 5.70. The monoisotopic (exact) mass is 865 g/mol. The zero-order chi connectivity index (χ0) is 44.4. The maximum Gasteiger partial charge on any atom is 0.305 e. The first-order valence-corrected chi connectivity index (χ1v) is 26.4. The molecule has 360 valence electrons. The lowest BCUT2D eigenvalue weighted by Crippen LogP contribution is -2.38. The highest BCUT2D eigenvalue weighted by atomic mass is 16.5. The van der Waals surface area contributed by atoms with Crippen molar-refractivity contribution < 1.29 is 33.7 Å². The molecule has 0 amide bonds. The molecule has 0 aromatic rings. The Labute approximate surface area is 376 Å². The zero-order valence-electron chi connectivity index (χ0n) is 40.7. The molecule has 1 unspecified atom stereocenters. The maximum absolute atomic E-state index is 12.7. The topological polar surface area (TPSA) is 106 Å². The second kappa shape index (κ2) is 42.3. The summed E-state index contributed by atoms with van der Waals surface area (Å²) < 4.78 is 17.3. The lowest BCUT2D eigenvalue weighted by Gasteiger charge is -2.27. The van der Waals surface area contributed by atoms with Crippen molar-refractivity contribution in [3.63, 3.8) is 0 Å². The van der Waals surface area contributed by atoms with E-state index in [1.54, 1.807) is 0 Å². The molecule has 9 heteroatoms. The molecule has 1 aliphatic carbocycles. The SMILES string of the molecule is CCCCCCCCC(CCCCCC)COC(=O)CCCCCN(CCO)CCN(CCCCC(COC(=O)CCCCCCC)COC(=O)CCCCCCC)C1CC1. The quantitative estimate of drug-likeness (QED) is 0.0364. The Kier molecular flexibility index (Phi) is 39.7. The lowest BCUT2D eigenvalue weighted by molar-refractivity contribution is -0.149. The number of esters is 3. The van der Waals surface area contributed by atoms with E-state index in [0.29, 0.717) is 57.6 Å². The van der Waals surface area contributed by atoms with Crippen LogP contribution in [0.25, 0.3) is 0 Å². The van der Waals surface area contributed by atoms with Gasteiger partial charge in [0.2, 0.25) is 0 Å². The molecule has 1 aliphatic rings. The molecule has 0 saturated heterocycles. The van der Waals surface area contributed by atoms with E-state index in [9.17, 15) is 19.5 Å². The molecule has 1 atom stereocenters. The number of rotatable bonds is 47. The van der Waals surface area contributed by atoms with E-state index in [1.807, 2.05) is 0 Å². The molecule has 9 nitrogen and oxygen atoms in total. The second-order valence-electron chi connectivity index (χ2n) is 18.7. The third kappa shape index (κ3) is 36.3. The standard InChI is InChI=1S/C52H100N2O7/c1-5-9-13-17-20-23-31-47(30-22-16-12-8-4)44-59-50(56)35-26-21-28-38-53(42-43-55)40-41-54(49-36-37-49)39-29-27-32-48(45-60-51(57)33-24-18-14-10-6-2)46-61-52(58)34-25-19-15-11-7-3/h47-49,55H,5-46H2,1-4H3. The summed E-state index contributed by atoms with van der Waals surface area (Å²) >= 11 is 0. The Morgan fingerprint density at radius 2 is 0.820 bits per heavy atom. The van der Waals surface area contributed by atoms with E-state index in [4.69, 9.17) is 14.2 Å². The number of hydrogen-bond donors (Lipinski definition) is 1. The van der Waals surface area contributed by atoms with Crippen LogP contribution in [0.15, 0.2) is 0 Å². The van der Waals surface area contributed by atoms with Crippen LogP contribution in [0.1, 0.15) is 240 Å². The number of hydrogen-bond acceptors (Lipinski definition) is 9. The molecule has 0 spiro atoms. The van der Waals surface area contributed by atoms with E-state index >= 15 is 0 Å². The summed E-state index contributed by atoms with van der Waals surface area (Å²) in [4.78, 5) is 42.7. The van der Waals surface area contributed by atoms with E-state index in [0.717, 1.165) is 103 Å². The summed E-state index contributed by atoms with van der Waals surface area (Å²) in [6.45, 7) is 14.8. The average Bonchev–Trinajstić information content (AvgIpc) is 4.11. The molecule has 0 aromatic carbocycles. The molecule has 1 N–H and O–H groups in total. The molecule has 0 aromatic heterocycles. The van der Waals surface area contributed by atoms with Gasteiger partial charge in [0.1, 0.15) is 0 Å². The zero-order valence-corrected chi connectivity index (χ0v) is 40.7. The Hall–Kier alpha value is -1.71. The van der Waals surface area contributed by atoms with Gasteiger partial charge in [-0.3, -0.25) is 24.2 Å². The minimum atomic E-state index is -0.135. The van der Waals surface area contributed by atoms with Gasteiger partial charge in [-0.1, -0.05) is 156 Å². The summed E-state index contributed by atoms with van der Waals surface area (Å²) in [5.41, 5.74) is 0. The fraction of sp³-hybridized carbons (Fsp3) is 0.942. The molecule has 0 heterocycles. The Balaban J connectivity index is 2.46. The predicted octanol–water partition coefficient (Wildman–Crippen LogP) is 12.8. The highest BCUT2D eigenvalue weighted by Crippen LogP contribution is 2.27. The minimum absolute atomic E-state index is 0.0245. The summed E-state index contributed by atoms with van der Waals surface area (Å²) in [7, 11) is 0. The molecular weight excluding hydrogens is 765 g/mol. The first kappa shape index (κ1) is 57.3. The van der Waals surface area contributed by atoms with Crippen LogP contribution in [-0.4, -0.2) is 98.0 Å². The molecule has 1 fully saturated rings. The number of carbonyl (C=O) groups excluding carboxylic acids is 3. The van der Waals surface area contributed by atoms with Crippen LogP contribution in [0, 0.1) is 11.8 Å². The smallest absolute Gasteiger partial charge is 0.305 e. The van der Waals surface area contributed by atoms with Gasteiger partial charge >= 0.3 is 17.9 Å². The number of unbranched alkanes of at least 4 members (excludes halogenated alkanes) is 19. The van der Waals surface area contributed by atoms with E-state index in [1.165, 1.54) is 116 Å². The lowest BCUT2D eigenvalue weighted by atomic mass is 9.95. The summed E-state index contributed by atoms with van der Waals surface area (Å²) in [5.74, 6) is 0.220. The van der Waals surface area contributed by atoms with Gasteiger partial charge in [0, 0.05) is 50.9 Å². The summed E-state index contributed by atoms with van der Waals surface area (Å²) in [5, 5.41) is 9.84. The van der Waals surface area contributed by atoms with E-state index in [-0.39, 0.29) is 30.4 Å². The Morgan fingerprint density at radius 1 is 0.443 bits per heavy atom. The van der Waals surface area contributed by atoms with Crippen LogP contribution in [0.5, 0.6) is 0 Å². The van der Waals surface area contributed by atoms with E-state index < -0.39 is 0 Å². The van der Waals surface area contributed by atoms with Crippen LogP contribution in [0.4, 0.5) is 0 Å². The fourth-order valence-electron chi connectivity index (χ4n) is 8.39. The highest BCUT2D eigenvalue weighted by Gasteiger charge is 2.28. The van der Waals surface area contributed by atoms with Gasteiger partial charge in [-0.15, -0.1) is 0 Å². The number of nitrogens with zero attached hydrogens (tertiary/aromatic N) is 2. The molecule has 61 heavy (non-hydrogen) atoms. The van der Waals surface area contributed by atoms with Crippen molar-refractivity contribution in [2.24, 2.45) is 11.8 Å². The van der Waals surface area contributed by atoms with Crippen molar-refractivity contribution in [3.05, 3.63) is 0 Å². The number of carbonyl (C=O) groups is 3. The van der Waals surface area contributed by atoms with Crippen molar-refractivity contribution in [3.8, 4) is 0 Å². The maximum atomic E-state index is 12.7. The van der Waals surface area contributed by atoms with Crippen molar-refractivity contribution >= 4 is 17.9 Å². The second-order valence-corrected chi connectivity index (χ2v) is 18.7. The normalized spacial score (nSPS) is 13.4. The predicted molar refractivity (Wildman–Crippen MR) is 254 cm³/mol. The molecule has 0 bridgehead atoms. The van der Waals surface area contributed by atoms with Crippen molar-refractivity contribution in [1.82, 2.24) is 9.80 Å². The fourth-order valence-corrected chi connectivity index (χ4v) is 8.39. The van der Waals surface area contributed by atoms with Crippen LogP contribution in [0.3, 0.4) is 0 Å². The molecule has 0 aliphatic heterocycles. The van der Waals surface area contributed by atoms with Gasteiger partial charge in [-0.2, -0.15) is 0 Å². The average molecular weight is 865 g/mol. The molecule has 1 rings (SSSR count). The summed E-state index contributed by atoms with van der Waals surface area (Å²) in [6.07, 6.45) is 36.0. The van der Waals surface area contributed by atoms with Gasteiger partial charge < -0.3 is 19.3 Å². The van der Waals surface area contributed by atoms with Crippen molar-refractivity contribution in [1.29, 1.82) is 0 Å². The third-order valence-electron chi connectivity index (χ3n) is 12.7. The van der Waals surface area contributed by atoms with Crippen LogP contribution >= 0.6 is 0 Å². The van der Waals surface area contributed by atoms with Gasteiger partial charge in [-0.05, 0) is 83.2 Å². The number of ether oxygens (including phenoxy) is 3. The Bertz CT molecular complexity index is 978. The van der Waals surface area contributed by atoms with Crippen LogP contribution in [0.2, 0.25) is 0 Å². The van der Waals surface area contributed by atoms with Crippen molar-refractivity contribution in [2.45, 2.75) is 246 Å². The molecule has 1 saturated carbocycles. The molecular formula is C52H100N2O7. The minimum Gasteiger partial charge on any atom is -0.465 e. The summed E-state index contributed by atoms with van der Waals surface area (Å²) in [6, 6.07) is 0.649. The van der Waals surface area contributed by atoms with Crippen LogP contribution in [-0.2, 0) is 28.6 Å². The largest absolute Gasteiger partial charge is 0.465 e. The van der Waals surface area contributed by atoms with Gasteiger partial charge in [0.15, 0.2) is 0 Å².